The van der Waals surface area contributed by atoms with Crippen LogP contribution in [0.2, 0.25) is 0 Å². The molecule has 0 fully saturated rings. The van der Waals surface area contributed by atoms with Crippen molar-refractivity contribution in [3.63, 3.8) is 0 Å². The van der Waals surface area contributed by atoms with Gasteiger partial charge in [0.25, 0.3) is 0 Å². The summed E-state index contributed by atoms with van der Waals surface area (Å²) in [4.78, 5) is 4.13. The number of H-pyrrole nitrogens is 1. The van der Waals surface area contributed by atoms with Crippen LogP contribution in [0.3, 0.4) is 0 Å². The molecule has 0 bridgehead atoms. The van der Waals surface area contributed by atoms with Gasteiger partial charge in [-0.15, -0.1) is 0 Å². The van der Waals surface area contributed by atoms with Gasteiger partial charge in [0.2, 0.25) is 0 Å². The van der Waals surface area contributed by atoms with E-state index >= 15 is 0 Å². The van der Waals surface area contributed by atoms with Crippen LogP contribution in [0.25, 0.3) is 10.9 Å². The highest BCUT2D eigenvalue weighted by atomic mass is 32.1. The van der Waals surface area contributed by atoms with E-state index in [4.69, 9.17) is 12.2 Å². The Kier molecular flexibility index (Phi) is 3.32. The maximum atomic E-state index is 13.5. The molecule has 7 heteroatoms. The van der Waals surface area contributed by atoms with Crippen molar-refractivity contribution in [1.82, 2.24) is 15.2 Å². The smallest absolute Gasteiger partial charge is 0.366 e. The molecule has 0 radical (unpaired) electrons. The molecule has 1 atom stereocenters. The lowest BCUT2D eigenvalue weighted by atomic mass is 9.97. The lowest BCUT2D eigenvalue weighted by Gasteiger charge is -2.38. The van der Waals surface area contributed by atoms with Crippen molar-refractivity contribution >= 4 is 28.2 Å². The lowest BCUT2D eigenvalue weighted by Crippen LogP contribution is -2.49. The lowest BCUT2D eigenvalue weighted by molar-refractivity contribution is -0.178. The number of fused-ring (bicyclic) bond motifs is 3. The second kappa shape index (κ2) is 4.91. The first kappa shape index (κ1) is 14.2. The summed E-state index contributed by atoms with van der Waals surface area (Å²) in [5, 5.41) is 3.62. The molecule has 0 amide bonds. The first-order valence-electron chi connectivity index (χ1n) is 6.58. The Morgan fingerprint density at radius 3 is 2.76 bits per heavy atom. The molecule has 0 aliphatic carbocycles. The van der Waals surface area contributed by atoms with E-state index in [1.165, 1.54) is 11.9 Å². The molecular weight excluding hydrogens is 299 g/mol. The number of alkyl halides is 3. The number of thiocarbonyl (C=S) groups is 1. The standard InChI is InChI=1S/C14H14F3N3S/c1-18-13(21)20-7-6-9-8-4-2-3-5-10(8)19-11(9)12(20)14(15,16)17/h2-5,12,19H,6-7H2,1H3,(H,18,21)/t12-/m1/s1. The van der Waals surface area contributed by atoms with Crippen molar-refractivity contribution in [1.29, 1.82) is 0 Å². The van der Waals surface area contributed by atoms with Crippen molar-refractivity contribution in [2.24, 2.45) is 0 Å². The highest BCUT2D eigenvalue weighted by Gasteiger charge is 2.49. The molecule has 0 saturated heterocycles. The number of hydrogen-bond donors (Lipinski definition) is 2. The number of benzene rings is 1. The molecular formula is C14H14F3N3S. The molecule has 2 N–H and O–H groups in total. The summed E-state index contributed by atoms with van der Waals surface area (Å²) >= 11 is 5.03. The summed E-state index contributed by atoms with van der Waals surface area (Å²) in [6, 6.07) is 5.56. The number of para-hydroxylation sites is 1. The van der Waals surface area contributed by atoms with Crippen molar-refractivity contribution in [2.45, 2.75) is 18.6 Å². The van der Waals surface area contributed by atoms with Crippen LogP contribution < -0.4 is 5.32 Å². The van der Waals surface area contributed by atoms with Gasteiger partial charge in [-0.1, -0.05) is 18.2 Å². The Labute approximate surface area is 125 Å². The SMILES string of the molecule is CNC(=S)N1CCc2c([nH]c3ccccc23)[C@@H]1C(F)(F)F. The minimum atomic E-state index is -4.39. The number of rotatable bonds is 0. The number of nitrogens with zero attached hydrogens (tertiary/aromatic N) is 1. The third-order valence-electron chi connectivity index (χ3n) is 3.82. The van der Waals surface area contributed by atoms with Gasteiger partial charge in [0.05, 0.1) is 5.69 Å². The van der Waals surface area contributed by atoms with Crippen LogP contribution in [0.5, 0.6) is 0 Å². The number of nitrogens with one attached hydrogen (secondary N) is 2. The summed E-state index contributed by atoms with van der Waals surface area (Å²) in [6.45, 7) is 0.249. The molecule has 0 spiro atoms. The van der Waals surface area contributed by atoms with E-state index in [1.54, 1.807) is 6.07 Å². The molecule has 112 valence electrons. The Hall–Kier alpha value is -1.76. The van der Waals surface area contributed by atoms with Crippen LogP contribution >= 0.6 is 12.2 Å². The van der Waals surface area contributed by atoms with Crippen molar-refractivity contribution in [2.75, 3.05) is 13.6 Å². The molecule has 3 nitrogen and oxygen atoms in total. The van der Waals surface area contributed by atoms with Gasteiger partial charge in [0.15, 0.2) is 11.2 Å². The summed E-state index contributed by atoms with van der Waals surface area (Å²) in [5.74, 6) is 0. The molecule has 21 heavy (non-hydrogen) atoms. The Morgan fingerprint density at radius 1 is 1.38 bits per heavy atom. The van der Waals surface area contributed by atoms with E-state index in [2.05, 4.69) is 10.3 Å². The summed E-state index contributed by atoms with van der Waals surface area (Å²) in [5.41, 5.74) is 1.67. The monoisotopic (exact) mass is 313 g/mol. The molecule has 2 heterocycles. The van der Waals surface area contributed by atoms with Gasteiger partial charge >= 0.3 is 6.18 Å². The largest absolute Gasteiger partial charge is 0.414 e. The quantitative estimate of drug-likeness (QED) is 0.733. The van der Waals surface area contributed by atoms with Crippen LogP contribution in [0.1, 0.15) is 17.3 Å². The molecule has 3 rings (SSSR count). The van der Waals surface area contributed by atoms with Gasteiger partial charge in [-0.3, -0.25) is 0 Å². The van der Waals surface area contributed by atoms with Crippen molar-refractivity contribution < 1.29 is 13.2 Å². The third kappa shape index (κ3) is 2.25. The molecule has 0 saturated carbocycles. The minimum Gasteiger partial charge on any atom is -0.366 e. The highest BCUT2D eigenvalue weighted by molar-refractivity contribution is 7.80. The summed E-state index contributed by atoms with van der Waals surface area (Å²) < 4.78 is 40.6. The van der Waals surface area contributed by atoms with E-state index in [0.29, 0.717) is 6.42 Å². The van der Waals surface area contributed by atoms with E-state index in [1.807, 2.05) is 18.2 Å². The van der Waals surface area contributed by atoms with Crippen LogP contribution in [-0.2, 0) is 6.42 Å². The zero-order valence-corrected chi connectivity index (χ0v) is 12.1. The number of aromatic amines is 1. The third-order valence-corrected chi connectivity index (χ3v) is 4.26. The van der Waals surface area contributed by atoms with Gasteiger partial charge in [-0.05, 0) is 30.3 Å². The maximum absolute atomic E-state index is 13.5. The van der Waals surface area contributed by atoms with Gasteiger partial charge in [0, 0.05) is 24.5 Å². The molecule has 1 aromatic carbocycles. The first-order valence-corrected chi connectivity index (χ1v) is 6.99. The predicted octanol–water partition coefficient (Wildman–Crippen LogP) is 3.13. The Balaban J connectivity index is 2.18. The van der Waals surface area contributed by atoms with Crippen LogP contribution in [0, 0.1) is 0 Å². The predicted molar refractivity (Wildman–Crippen MR) is 79.2 cm³/mol. The average molecular weight is 313 g/mol. The topological polar surface area (TPSA) is 31.1 Å². The van der Waals surface area contributed by atoms with Gasteiger partial charge in [0.1, 0.15) is 0 Å². The Bertz CT molecular complexity index is 692. The van der Waals surface area contributed by atoms with Gasteiger partial charge in [-0.2, -0.15) is 13.2 Å². The fourth-order valence-corrected chi connectivity index (χ4v) is 3.14. The first-order chi connectivity index (χ1) is 9.93. The van der Waals surface area contributed by atoms with E-state index < -0.39 is 12.2 Å². The van der Waals surface area contributed by atoms with Crippen LogP contribution in [0.15, 0.2) is 24.3 Å². The minimum absolute atomic E-state index is 0.113. The number of halogens is 3. The number of hydrogen-bond acceptors (Lipinski definition) is 1. The second-order valence-electron chi connectivity index (χ2n) is 5.01. The van der Waals surface area contributed by atoms with Gasteiger partial charge in [-0.25, -0.2) is 0 Å². The Morgan fingerprint density at radius 2 is 2.10 bits per heavy atom. The maximum Gasteiger partial charge on any atom is 0.414 e. The van der Waals surface area contributed by atoms with E-state index in [9.17, 15) is 13.2 Å². The van der Waals surface area contributed by atoms with Gasteiger partial charge < -0.3 is 15.2 Å². The molecule has 1 aromatic heterocycles. The van der Waals surface area contributed by atoms with Crippen LogP contribution in [-0.4, -0.2) is 34.8 Å². The zero-order valence-electron chi connectivity index (χ0n) is 11.3. The molecule has 2 aromatic rings. The number of aromatic nitrogens is 1. The second-order valence-corrected chi connectivity index (χ2v) is 5.39. The van der Waals surface area contributed by atoms with E-state index in [-0.39, 0.29) is 17.4 Å². The summed E-state index contributed by atoms with van der Waals surface area (Å²) in [6.07, 6.45) is -3.86. The van der Waals surface area contributed by atoms with E-state index in [0.717, 1.165) is 16.5 Å². The highest BCUT2D eigenvalue weighted by Crippen LogP contribution is 2.43. The average Bonchev–Trinajstić information content (AvgIpc) is 2.82. The van der Waals surface area contributed by atoms with Crippen LogP contribution in [0.4, 0.5) is 13.2 Å². The molecule has 0 unspecified atom stereocenters. The fourth-order valence-electron chi connectivity index (χ4n) is 2.94. The van der Waals surface area contributed by atoms with Crippen molar-refractivity contribution in [3.8, 4) is 0 Å². The zero-order chi connectivity index (χ0) is 15.2. The fraction of sp³-hybridized carbons (Fsp3) is 0.357. The molecule has 1 aliphatic rings. The summed E-state index contributed by atoms with van der Waals surface area (Å²) in [7, 11) is 1.54. The van der Waals surface area contributed by atoms with Crippen molar-refractivity contribution in [3.05, 3.63) is 35.5 Å². The normalized spacial score (nSPS) is 18.7. The molecule has 1 aliphatic heterocycles.